The number of benzene rings is 2. The third-order valence-corrected chi connectivity index (χ3v) is 5.18. The Balaban J connectivity index is 1.54. The number of carbonyl (C=O) groups excluding carboxylic acids is 1. The molecular weight excluding hydrogens is 366 g/mol. The lowest BCUT2D eigenvalue weighted by Gasteiger charge is -2.08. The molecule has 0 spiro atoms. The van der Waals surface area contributed by atoms with Gasteiger partial charge in [0.15, 0.2) is 0 Å². The zero-order valence-electron chi connectivity index (χ0n) is 15.4. The lowest BCUT2D eigenvalue weighted by atomic mass is 10.2. The lowest BCUT2D eigenvalue weighted by molar-refractivity contribution is 0.139. The molecule has 1 N–H and O–H groups in total. The molecule has 0 unspecified atom stereocenters. The normalized spacial score (nSPS) is 11.1. The number of rotatable bonds is 10. The highest BCUT2D eigenvalue weighted by atomic mass is 32.2. The van der Waals surface area contributed by atoms with E-state index in [-0.39, 0.29) is 18.1 Å². The first kappa shape index (κ1) is 20.9. The van der Waals surface area contributed by atoms with Crippen LogP contribution >= 0.6 is 0 Å². The van der Waals surface area contributed by atoms with Crippen LogP contribution in [0.4, 0.5) is 4.79 Å². The third kappa shape index (κ3) is 7.80. The van der Waals surface area contributed by atoms with Crippen molar-refractivity contribution < 1.29 is 22.1 Å². The number of aryl methyl sites for hydroxylation is 1. The van der Waals surface area contributed by atoms with Crippen molar-refractivity contribution in [1.29, 1.82) is 0 Å². The molecule has 6 nitrogen and oxygen atoms in total. The fourth-order valence-corrected chi connectivity index (χ4v) is 3.25. The van der Waals surface area contributed by atoms with E-state index < -0.39 is 16.2 Å². The van der Waals surface area contributed by atoms with E-state index in [1.54, 1.807) is 12.1 Å². The quantitative estimate of drug-likeness (QED) is 0.492. The molecule has 0 aliphatic carbocycles. The van der Waals surface area contributed by atoms with E-state index in [1.807, 2.05) is 37.3 Å². The minimum atomic E-state index is -3.71. The van der Waals surface area contributed by atoms with Gasteiger partial charge in [-0.15, -0.1) is 0 Å². The van der Waals surface area contributed by atoms with Crippen molar-refractivity contribution in [2.45, 2.75) is 37.7 Å². The van der Waals surface area contributed by atoms with E-state index >= 15 is 0 Å². The van der Waals surface area contributed by atoms with Crippen LogP contribution in [0.15, 0.2) is 59.5 Å². The molecule has 27 heavy (non-hydrogen) atoms. The summed E-state index contributed by atoms with van der Waals surface area (Å²) in [6.45, 7) is 2.72. The molecule has 2 aromatic carbocycles. The Morgan fingerprint density at radius 3 is 2.37 bits per heavy atom. The van der Waals surface area contributed by atoms with Crippen LogP contribution in [-0.2, 0) is 25.6 Å². The first-order valence-corrected chi connectivity index (χ1v) is 10.3. The Labute approximate surface area is 160 Å². The van der Waals surface area contributed by atoms with Crippen LogP contribution < -0.4 is 5.32 Å². The summed E-state index contributed by atoms with van der Waals surface area (Å²) in [5.41, 5.74) is 1.92. The van der Waals surface area contributed by atoms with Gasteiger partial charge in [0.1, 0.15) is 6.61 Å². The monoisotopic (exact) mass is 391 g/mol. The molecule has 0 heterocycles. The van der Waals surface area contributed by atoms with Gasteiger partial charge < -0.3 is 10.1 Å². The molecule has 0 aliphatic heterocycles. The van der Waals surface area contributed by atoms with Crippen molar-refractivity contribution >= 4 is 16.2 Å². The molecule has 0 fully saturated rings. The molecule has 0 radical (unpaired) electrons. The van der Waals surface area contributed by atoms with Crippen LogP contribution in [0.1, 0.15) is 30.4 Å². The molecule has 0 aliphatic rings. The van der Waals surface area contributed by atoms with Gasteiger partial charge >= 0.3 is 6.09 Å². The molecular formula is C20H25NO5S. The molecule has 0 bridgehead atoms. The van der Waals surface area contributed by atoms with Crippen LogP contribution in [0.5, 0.6) is 0 Å². The first-order chi connectivity index (χ1) is 13.0. The Morgan fingerprint density at radius 1 is 0.963 bits per heavy atom. The zero-order chi connectivity index (χ0) is 19.5. The van der Waals surface area contributed by atoms with Crippen molar-refractivity contribution in [2.75, 3.05) is 13.2 Å². The predicted octanol–water partition coefficient (Wildman–Crippen LogP) is 3.80. The number of amides is 1. The fourth-order valence-electron chi connectivity index (χ4n) is 2.31. The topological polar surface area (TPSA) is 81.7 Å². The third-order valence-electron chi connectivity index (χ3n) is 3.85. The van der Waals surface area contributed by atoms with Gasteiger partial charge in [-0.1, -0.05) is 48.0 Å². The summed E-state index contributed by atoms with van der Waals surface area (Å²) in [5, 5.41) is 2.67. The largest absolute Gasteiger partial charge is 0.445 e. The van der Waals surface area contributed by atoms with Gasteiger partial charge in [-0.25, -0.2) is 4.79 Å². The minimum absolute atomic E-state index is 0.120. The number of carbonyl (C=O) groups is 1. The molecule has 1 amide bonds. The number of hydrogen-bond acceptors (Lipinski definition) is 5. The number of unbranched alkanes of at least 4 members (excludes halogenated alkanes) is 2. The average molecular weight is 391 g/mol. The maximum Gasteiger partial charge on any atom is 0.407 e. The highest BCUT2D eigenvalue weighted by Crippen LogP contribution is 2.13. The molecule has 0 saturated heterocycles. The number of hydrogen-bond donors (Lipinski definition) is 1. The van der Waals surface area contributed by atoms with Gasteiger partial charge in [0, 0.05) is 6.54 Å². The van der Waals surface area contributed by atoms with Crippen molar-refractivity contribution in [1.82, 2.24) is 5.32 Å². The summed E-state index contributed by atoms with van der Waals surface area (Å²) >= 11 is 0. The Morgan fingerprint density at radius 2 is 1.67 bits per heavy atom. The first-order valence-electron chi connectivity index (χ1n) is 8.88. The maximum atomic E-state index is 12.0. The van der Waals surface area contributed by atoms with Crippen molar-refractivity contribution in [3.63, 3.8) is 0 Å². The number of alkyl carbamates (subject to hydrolysis) is 1. The average Bonchev–Trinajstić information content (AvgIpc) is 2.66. The summed E-state index contributed by atoms with van der Waals surface area (Å²) in [7, 11) is -3.71. The van der Waals surface area contributed by atoms with Crippen LogP contribution in [0, 0.1) is 6.92 Å². The lowest BCUT2D eigenvalue weighted by Crippen LogP contribution is -2.25. The van der Waals surface area contributed by atoms with E-state index in [0.717, 1.165) is 17.5 Å². The van der Waals surface area contributed by atoms with E-state index in [2.05, 4.69) is 5.32 Å². The van der Waals surface area contributed by atoms with Crippen molar-refractivity contribution in [3.8, 4) is 0 Å². The number of ether oxygens (including phenoxy) is 1. The van der Waals surface area contributed by atoms with Crippen LogP contribution in [-0.4, -0.2) is 27.7 Å². The molecule has 2 aromatic rings. The van der Waals surface area contributed by atoms with E-state index in [0.29, 0.717) is 19.4 Å². The molecule has 146 valence electrons. The van der Waals surface area contributed by atoms with Crippen LogP contribution in [0.2, 0.25) is 0 Å². The van der Waals surface area contributed by atoms with E-state index in [4.69, 9.17) is 8.92 Å². The second kappa shape index (κ2) is 10.7. The predicted molar refractivity (Wildman–Crippen MR) is 103 cm³/mol. The SMILES string of the molecule is Cc1ccc(S(=O)(=O)OCCCCCNC(=O)OCc2ccccc2)cc1. The summed E-state index contributed by atoms with van der Waals surface area (Å²) in [6, 6.07) is 16.0. The Hall–Kier alpha value is -2.38. The highest BCUT2D eigenvalue weighted by molar-refractivity contribution is 7.86. The van der Waals surface area contributed by atoms with Gasteiger partial charge in [0.2, 0.25) is 0 Å². The second-order valence-electron chi connectivity index (χ2n) is 6.14. The van der Waals surface area contributed by atoms with Gasteiger partial charge in [0.05, 0.1) is 11.5 Å². The van der Waals surface area contributed by atoms with Gasteiger partial charge in [-0.05, 0) is 43.9 Å². The highest BCUT2D eigenvalue weighted by Gasteiger charge is 2.14. The van der Waals surface area contributed by atoms with Gasteiger partial charge in [0.25, 0.3) is 10.1 Å². The Kier molecular flexibility index (Phi) is 8.29. The van der Waals surface area contributed by atoms with Crippen LogP contribution in [0.3, 0.4) is 0 Å². The van der Waals surface area contributed by atoms with Gasteiger partial charge in [-0.2, -0.15) is 8.42 Å². The second-order valence-corrected chi connectivity index (χ2v) is 7.75. The smallest absolute Gasteiger partial charge is 0.407 e. The summed E-state index contributed by atoms with van der Waals surface area (Å²) in [5.74, 6) is 0. The molecule has 0 atom stereocenters. The summed E-state index contributed by atoms with van der Waals surface area (Å²) < 4.78 is 34.2. The summed E-state index contributed by atoms with van der Waals surface area (Å²) in [6.07, 6.45) is 1.58. The standard InChI is InChI=1S/C20H25NO5S/c1-17-10-12-19(13-11-17)27(23,24)26-15-7-3-6-14-21-20(22)25-16-18-8-4-2-5-9-18/h2,4-5,8-13H,3,6-7,14-16H2,1H3,(H,21,22). The molecule has 7 heteroatoms. The Bertz CT molecular complexity index is 804. The van der Waals surface area contributed by atoms with Crippen molar-refractivity contribution in [3.05, 3.63) is 65.7 Å². The van der Waals surface area contributed by atoms with Crippen molar-refractivity contribution in [2.24, 2.45) is 0 Å². The van der Waals surface area contributed by atoms with E-state index in [1.165, 1.54) is 12.1 Å². The number of nitrogens with one attached hydrogen (secondary N) is 1. The zero-order valence-corrected chi connectivity index (χ0v) is 16.2. The van der Waals surface area contributed by atoms with Crippen LogP contribution in [0.25, 0.3) is 0 Å². The van der Waals surface area contributed by atoms with Gasteiger partial charge in [-0.3, -0.25) is 4.18 Å². The molecule has 0 saturated carbocycles. The van der Waals surface area contributed by atoms with E-state index in [9.17, 15) is 13.2 Å². The summed E-state index contributed by atoms with van der Waals surface area (Å²) in [4.78, 5) is 11.7. The maximum absolute atomic E-state index is 12.0. The minimum Gasteiger partial charge on any atom is -0.445 e. The molecule has 2 rings (SSSR count). The molecule has 0 aromatic heterocycles. The fraction of sp³-hybridized carbons (Fsp3) is 0.350.